The zero-order valence-electron chi connectivity index (χ0n) is 10.5. The standard InChI is InChI=1S/C14H10ClFN2OS/c1-19-12-6-5-8(15)7-11(12)18-10-4-2-3-9(16)13(10)17-14(18)20/h2-7H,1H3,(H,17,20). The Morgan fingerprint density at radius 1 is 1.30 bits per heavy atom. The summed E-state index contributed by atoms with van der Waals surface area (Å²) in [5.41, 5.74) is 1.66. The van der Waals surface area contributed by atoms with Crippen LogP contribution in [0.5, 0.6) is 5.75 Å². The highest BCUT2D eigenvalue weighted by Gasteiger charge is 2.13. The van der Waals surface area contributed by atoms with Crippen molar-refractivity contribution >= 4 is 34.9 Å². The minimum atomic E-state index is -0.353. The molecule has 0 amide bonds. The van der Waals surface area contributed by atoms with Gasteiger partial charge in [-0.05, 0) is 42.5 Å². The van der Waals surface area contributed by atoms with Gasteiger partial charge < -0.3 is 9.72 Å². The molecular weight excluding hydrogens is 299 g/mol. The monoisotopic (exact) mass is 308 g/mol. The van der Waals surface area contributed by atoms with Crippen LogP contribution in [-0.4, -0.2) is 16.7 Å². The fourth-order valence-electron chi connectivity index (χ4n) is 2.17. The maximum absolute atomic E-state index is 13.8. The van der Waals surface area contributed by atoms with Gasteiger partial charge in [0, 0.05) is 5.02 Å². The second-order valence-corrected chi connectivity index (χ2v) is 5.04. The third kappa shape index (κ3) is 1.99. The van der Waals surface area contributed by atoms with Crippen LogP contribution in [0.25, 0.3) is 16.7 Å². The van der Waals surface area contributed by atoms with Crippen LogP contribution in [0.3, 0.4) is 0 Å². The average molecular weight is 309 g/mol. The molecule has 0 fully saturated rings. The molecule has 6 heteroatoms. The number of aromatic amines is 1. The molecule has 2 aromatic carbocycles. The van der Waals surface area contributed by atoms with Crippen molar-refractivity contribution < 1.29 is 9.13 Å². The van der Waals surface area contributed by atoms with Gasteiger partial charge in [0.25, 0.3) is 0 Å². The van der Waals surface area contributed by atoms with Crippen molar-refractivity contribution in [1.82, 2.24) is 9.55 Å². The second kappa shape index (κ2) is 4.92. The number of H-pyrrole nitrogens is 1. The zero-order valence-corrected chi connectivity index (χ0v) is 12.1. The molecule has 3 rings (SSSR count). The van der Waals surface area contributed by atoms with Gasteiger partial charge in [0.2, 0.25) is 0 Å². The first kappa shape index (κ1) is 13.1. The summed E-state index contributed by atoms with van der Waals surface area (Å²) in [5.74, 6) is 0.254. The van der Waals surface area contributed by atoms with E-state index in [0.29, 0.717) is 32.3 Å². The molecule has 0 aliphatic heterocycles. The zero-order chi connectivity index (χ0) is 14.3. The van der Waals surface area contributed by atoms with Gasteiger partial charge in [-0.15, -0.1) is 0 Å². The number of ether oxygens (including phenoxy) is 1. The van der Waals surface area contributed by atoms with Crippen molar-refractivity contribution in [1.29, 1.82) is 0 Å². The summed E-state index contributed by atoms with van der Waals surface area (Å²) >= 11 is 11.3. The van der Waals surface area contributed by atoms with Crippen LogP contribution in [0.15, 0.2) is 36.4 Å². The molecule has 0 aliphatic rings. The van der Waals surface area contributed by atoms with Gasteiger partial charge in [0.15, 0.2) is 4.77 Å². The number of aromatic nitrogens is 2. The normalized spacial score (nSPS) is 10.9. The fraction of sp³-hybridized carbons (Fsp3) is 0.0714. The first-order chi connectivity index (χ1) is 9.61. The van der Waals surface area contributed by atoms with Gasteiger partial charge in [-0.3, -0.25) is 4.57 Å². The summed E-state index contributed by atoms with van der Waals surface area (Å²) in [5, 5.41) is 0.549. The number of nitrogens with one attached hydrogen (secondary N) is 1. The van der Waals surface area contributed by atoms with E-state index in [2.05, 4.69) is 4.98 Å². The number of para-hydroxylation sites is 1. The number of imidazole rings is 1. The summed E-state index contributed by atoms with van der Waals surface area (Å²) < 4.78 is 21.2. The lowest BCUT2D eigenvalue weighted by Crippen LogP contribution is -1.98. The Morgan fingerprint density at radius 2 is 2.10 bits per heavy atom. The SMILES string of the molecule is COc1ccc(Cl)cc1-n1c(=S)[nH]c2c(F)cccc21. The van der Waals surface area contributed by atoms with E-state index >= 15 is 0 Å². The highest BCUT2D eigenvalue weighted by molar-refractivity contribution is 7.71. The van der Waals surface area contributed by atoms with Crippen LogP contribution in [0, 0.1) is 10.6 Å². The molecule has 0 saturated carbocycles. The van der Waals surface area contributed by atoms with Gasteiger partial charge in [-0.25, -0.2) is 4.39 Å². The molecule has 3 nitrogen and oxygen atoms in total. The average Bonchev–Trinajstić information content (AvgIpc) is 2.76. The van der Waals surface area contributed by atoms with Gasteiger partial charge in [-0.1, -0.05) is 17.7 Å². The fourth-order valence-corrected chi connectivity index (χ4v) is 2.64. The number of halogens is 2. The number of nitrogens with zero attached hydrogens (tertiary/aromatic N) is 1. The topological polar surface area (TPSA) is 29.9 Å². The quantitative estimate of drug-likeness (QED) is 0.707. The van der Waals surface area contributed by atoms with Crippen LogP contribution >= 0.6 is 23.8 Å². The molecule has 1 heterocycles. The van der Waals surface area contributed by atoms with Crippen molar-refractivity contribution in [3.63, 3.8) is 0 Å². The van der Waals surface area contributed by atoms with Crippen LogP contribution in [0.4, 0.5) is 4.39 Å². The van der Waals surface area contributed by atoms with Gasteiger partial charge in [0.1, 0.15) is 17.1 Å². The number of benzene rings is 2. The third-order valence-corrected chi connectivity index (χ3v) is 3.57. The Morgan fingerprint density at radius 3 is 2.85 bits per heavy atom. The minimum absolute atomic E-state index is 0.353. The maximum atomic E-state index is 13.8. The Kier molecular flexibility index (Phi) is 3.23. The van der Waals surface area contributed by atoms with E-state index < -0.39 is 0 Å². The molecule has 3 aromatic rings. The largest absolute Gasteiger partial charge is 0.495 e. The van der Waals surface area contributed by atoms with Crippen molar-refractivity contribution in [3.05, 3.63) is 52.0 Å². The van der Waals surface area contributed by atoms with Crippen molar-refractivity contribution in [2.45, 2.75) is 0 Å². The highest BCUT2D eigenvalue weighted by atomic mass is 35.5. The van der Waals surface area contributed by atoms with Gasteiger partial charge in [-0.2, -0.15) is 0 Å². The maximum Gasteiger partial charge on any atom is 0.182 e. The summed E-state index contributed by atoms with van der Waals surface area (Å²) in [6.45, 7) is 0. The Bertz CT molecular complexity index is 856. The van der Waals surface area contributed by atoms with E-state index in [4.69, 9.17) is 28.6 Å². The molecule has 20 heavy (non-hydrogen) atoms. The minimum Gasteiger partial charge on any atom is -0.495 e. The van der Waals surface area contributed by atoms with Crippen LogP contribution in [0.2, 0.25) is 5.02 Å². The summed E-state index contributed by atoms with van der Waals surface area (Å²) in [6, 6.07) is 10.0. The van der Waals surface area contributed by atoms with Gasteiger partial charge >= 0.3 is 0 Å². The van der Waals surface area contributed by atoms with Crippen molar-refractivity contribution in [2.75, 3.05) is 7.11 Å². The molecule has 102 valence electrons. The number of hydrogen-bond donors (Lipinski definition) is 1. The molecule has 0 unspecified atom stereocenters. The van der Waals surface area contributed by atoms with E-state index in [9.17, 15) is 4.39 Å². The molecule has 1 N–H and O–H groups in total. The van der Waals surface area contributed by atoms with Crippen molar-refractivity contribution in [3.8, 4) is 11.4 Å². The molecule has 0 bridgehead atoms. The first-order valence-electron chi connectivity index (χ1n) is 5.85. The number of rotatable bonds is 2. The Hall–Kier alpha value is -1.85. The Balaban J connectivity index is 2.41. The molecule has 0 spiro atoms. The molecule has 1 aromatic heterocycles. The highest BCUT2D eigenvalue weighted by Crippen LogP contribution is 2.30. The number of fused-ring (bicyclic) bond motifs is 1. The number of hydrogen-bond acceptors (Lipinski definition) is 2. The molecule has 0 radical (unpaired) electrons. The van der Waals surface area contributed by atoms with E-state index in [1.54, 1.807) is 42.0 Å². The van der Waals surface area contributed by atoms with Crippen molar-refractivity contribution in [2.24, 2.45) is 0 Å². The summed E-state index contributed by atoms with van der Waals surface area (Å²) in [7, 11) is 1.56. The van der Waals surface area contributed by atoms with Crippen LogP contribution < -0.4 is 4.74 Å². The third-order valence-electron chi connectivity index (χ3n) is 3.05. The summed E-state index contributed by atoms with van der Waals surface area (Å²) in [4.78, 5) is 2.87. The second-order valence-electron chi connectivity index (χ2n) is 4.22. The first-order valence-corrected chi connectivity index (χ1v) is 6.63. The molecular formula is C14H10ClFN2OS. The number of methoxy groups -OCH3 is 1. The lowest BCUT2D eigenvalue weighted by Gasteiger charge is -2.10. The van der Waals surface area contributed by atoms with Crippen LogP contribution in [0.1, 0.15) is 0 Å². The molecule has 0 aliphatic carbocycles. The van der Waals surface area contributed by atoms with E-state index in [1.165, 1.54) is 6.07 Å². The molecule has 0 saturated heterocycles. The van der Waals surface area contributed by atoms with E-state index in [1.807, 2.05) is 0 Å². The lowest BCUT2D eigenvalue weighted by molar-refractivity contribution is 0.413. The van der Waals surface area contributed by atoms with Gasteiger partial charge in [0.05, 0.1) is 18.3 Å². The predicted molar refractivity (Wildman–Crippen MR) is 80.0 cm³/mol. The lowest BCUT2D eigenvalue weighted by atomic mass is 10.2. The smallest absolute Gasteiger partial charge is 0.182 e. The predicted octanol–water partition coefficient (Wildman–Crippen LogP) is 4.49. The van der Waals surface area contributed by atoms with E-state index in [0.717, 1.165) is 0 Å². The molecule has 0 atom stereocenters. The summed E-state index contributed by atoms with van der Waals surface area (Å²) in [6.07, 6.45) is 0. The van der Waals surface area contributed by atoms with E-state index in [-0.39, 0.29) is 5.82 Å². The Labute approximate surface area is 124 Å². The van der Waals surface area contributed by atoms with Crippen LogP contribution in [-0.2, 0) is 0 Å².